The van der Waals surface area contributed by atoms with Gasteiger partial charge in [0, 0.05) is 24.0 Å². The summed E-state index contributed by atoms with van der Waals surface area (Å²) in [5, 5.41) is 3.93. The number of nitrogens with one attached hydrogen (secondary N) is 1. The average molecular weight is 318 g/mol. The van der Waals surface area contributed by atoms with Crippen molar-refractivity contribution in [2.24, 2.45) is 12.0 Å². The van der Waals surface area contributed by atoms with Gasteiger partial charge in [0.25, 0.3) is 5.91 Å². The molecule has 0 radical (unpaired) electrons. The van der Waals surface area contributed by atoms with Crippen LogP contribution in [0.1, 0.15) is 5.69 Å². The molecule has 0 aliphatic carbocycles. The largest absolute Gasteiger partial charge is 0.351 e. The number of aryl methyl sites for hydroxylation is 1. The molecule has 1 aliphatic heterocycles. The predicted octanol–water partition coefficient (Wildman–Crippen LogP) is 3.57. The third-order valence-corrected chi connectivity index (χ3v) is 4.10. The fourth-order valence-corrected chi connectivity index (χ4v) is 2.91. The maximum atomic E-state index is 12.0. The van der Waals surface area contributed by atoms with E-state index >= 15 is 0 Å². The van der Waals surface area contributed by atoms with Crippen molar-refractivity contribution < 1.29 is 4.79 Å². The lowest BCUT2D eigenvalue weighted by Crippen LogP contribution is -2.19. The van der Waals surface area contributed by atoms with E-state index in [4.69, 9.17) is 11.6 Å². The number of hydrogen-bond donors (Lipinski definition) is 1. The molecule has 0 unspecified atom stereocenters. The van der Waals surface area contributed by atoms with Gasteiger partial charge in [0.15, 0.2) is 5.17 Å². The minimum absolute atomic E-state index is 0.137. The number of carbonyl (C=O) groups is 1. The summed E-state index contributed by atoms with van der Waals surface area (Å²) in [6.45, 7) is 0. The van der Waals surface area contributed by atoms with E-state index in [0.717, 1.165) is 5.69 Å². The van der Waals surface area contributed by atoms with Crippen LogP contribution in [0, 0.1) is 0 Å². The highest BCUT2D eigenvalue weighted by Crippen LogP contribution is 2.28. The second kappa shape index (κ2) is 5.79. The highest BCUT2D eigenvalue weighted by atomic mass is 35.5. The maximum Gasteiger partial charge on any atom is 0.264 e. The number of amidine groups is 1. The maximum absolute atomic E-state index is 12.0. The second-order valence-corrected chi connectivity index (χ2v) is 5.97. The molecule has 0 spiro atoms. The quantitative estimate of drug-likeness (QED) is 0.861. The van der Waals surface area contributed by atoms with Gasteiger partial charge < -0.3 is 9.88 Å². The molecular weight excluding hydrogens is 306 g/mol. The van der Waals surface area contributed by atoms with Crippen LogP contribution >= 0.6 is 23.4 Å². The lowest BCUT2D eigenvalue weighted by atomic mass is 10.3. The summed E-state index contributed by atoms with van der Waals surface area (Å²) in [7, 11) is 1.94. The Balaban J connectivity index is 1.85. The van der Waals surface area contributed by atoms with E-state index in [0.29, 0.717) is 20.8 Å². The minimum atomic E-state index is -0.137. The molecule has 21 heavy (non-hydrogen) atoms. The number of benzene rings is 1. The Morgan fingerprint density at radius 2 is 2.19 bits per heavy atom. The van der Waals surface area contributed by atoms with Crippen LogP contribution in [0.5, 0.6) is 0 Å². The first kappa shape index (κ1) is 14.0. The molecule has 1 aromatic carbocycles. The van der Waals surface area contributed by atoms with Crippen LogP contribution in [-0.2, 0) is 11.8 Å². The lowest BCUT2D eigenvalue weighted by Gasteiger charge is -1.97. The summed E-state index contributed by atoms with van der Waals surface area (Å²) in [6, 6.07) is 11.1. The normalized spacial score (nSPS) is 18.5. The van der Waals surface area contributed by atoms with E-state index in [1.54, 1.807) is 12.1 Å². The fourth-order valence-electron chi connectivity index (χ4n) is 1.90. The first-order valence-electron chi connectivity index (χ1n) is 6.28. The van der Waals surface area contributed by atoms with Crippen LogP contribution in [-0.4, -0.2) is 15.6 Å². The van der Waals surface area contributed by atoms with Crippen LogP contribution in [0.3, 0.4) is 0 Å². The summed E-state index contributed by atoms with van der Waals surface area (Å²) in [5.74, 6) is -0.137. The number of aliphatic imine (C=N–C) groups is 1. The van der Waals surface area contributed by atoms with Gasteiger partial charge in [0.2, 0.25) is 0 Å². The molecule has 2 aromatic rings. The molecule has 106 valence electrons. The molecule has 1 fully saturated rings. The molecule has 1 N–H and O–H groups in total. The molecule has 0 atom stereocenters. The summed E-state index contributed by atoms with van der Waals surface area (Å²) < 4.78 is 1.95. The Morgan fingerprint density at radius 3 is 2.90 bits per heavy atom. The molecule has 0 bridgehead atoms. The zero-order chi connectivity index (χ0) is 14.8. The molecule has 2 heterocycles. The van der Waals surface area contributed by atoms with Gasteiger partial charge in [-0.2, -0.15) is 0 Å². The van der Waals surface area contributed by atoms with E-state index in [1.807, 2.05) is 48.2 Å². The number of rotatable bonds is 2. The standard InChI is InChI=1S/C15H12ClN3OS/c1-19-7-3-6-12(19)9-13-14(20)18-15(21-13)17-11-5-2-4-10(16)8-11/h2-9H,1H3,(H,17,18,20). The molecule has 1 aliphatic rings. The summed E-state index contributed by atoms with van der Waals surface area (Å²) in [5.41, 5.74) is 1.68. The van der Waals surface area contributed by atoms with Crippen molar-refractivity contribution in [1.82, 2.24) is 9.88 Å². The van der Waals surface area contributed by atoms with Gasteiger partial charge >= 0.3 is 0 Å². The average Bonchev–Trinajstić information content (AvgIpc) is 2.98. The van der Waals surface area contributed by atoms with Crippen LogP contribution in [0.25, 0.3) is 6.08 Å². The Hall–Kier alpha value is -1.98. The van der Waals surface area contributed by atoms with E-state index in [2.05, 4.69) is 10.3 Å². The lowest BCUT2D eigenvalue weighted by molar-refractivity contribution is -0.115. The second-order valence-electron chi connectivity index (χ2n) is 4.51. The Kier molecular flexibility index (Phi) is 3.86. The van der Waals surface area contributed by atoms with Gasteiger partial charge in [-0.25, -0.2) is 4.99 Å². The monoisotopic (exact) mass is 317 g/mol. The van der Waals surface area contributed by atoms with Crippen LogP contribution in [0.4, 0.5) is 5.69 Å². The zero-order valence-electron chi connectivity index (χ0n) is 11.2. The van der Waals surface area contributed by atoms with Crippen molar-refractivity contribution in [3.8, 4) is 0 Å². The molecular formula is C15H12ClN3OS. The number of halogens is 1. The van der Waals surface area contributed by atoms with Crippen LogP contribution in [0.2, 0.25) is 5.02 Å². The molecule has 4 nitrogen and oxygen atoms in total. The third-order valence-electron chi connectivity index (χ3n) is 2.95. The van der Waals surface area contributed by atoms with Gasteiger partial charge in [-0.1, -0.05) is 17.7 Å². The first-order valence-corrected chi connectivity index (χ1v) is 7.48. The number of amides is 1. The highest BCUT2D eigenvalue weighted by Gasteiger charge is 2.24. The predicted molar refractivity (Wildman–Crippen MR) is 87.7 cm³/mol. The molecule has 0 saturated carbocycles. The summed E-state index contributed by atoms with van der Waals surface area (Å²) in [4.78, 5) is 17.0. The fraction of sp³-hybridized carbons (Fsp3) is 0.0667. The topological polar surface area (TPSA) is 46.4 Å². The molecule has 1 aromatic heterocycles. The van der Waals surface area contributed by atoms with E-state index in [1.165, 1.54) is 11.8 Å². The van der Waals surface area contributed by atoms with Crippen LogP contribution < -0.4 is 5.32 Å². The molecule has 1 amide bonds. The molecule has 6 heteroatoms. The highest BCUT2D eigenvalue weighted by molar-refractivity contribution is 8.18. The Bertz CT molecular complexity index is 764. The first-order chi connectivity index (χ1) is 10.1. The Morgan fingerprint density at radius 1 is 1.33 bits per heavy atom. The van der Waals surface area contributed by atoms with Crippen molar-refractivity contribution in [2.75, 3.05) is 0 Å². The van der Waals surface area contributed by atoms with Gasteiger partial charge in [0.05, 0.1) is 10.6 Å². The van der Waals surface area contributed by atoms with Crippen molar-refractivity contribution in [2.45, 2.75) is 0 Å². The van der Waals surface area contributed by atoms with E-state index in [-0.39, 0.29) is 5.91 Å². The zero-order valence-corrected chi connectivity index (χ0v) is 12.8. The number of hydrogen-bond acceptors (Lipinski definition) is 3. The molecule has 3 rings (SSSR count). The van der Waals surface area contributed by atoms with Crippen molar-refractivity contribution in [3.05, 3.63) is 58.2 Å². The van der Waals surface area contributed by atoms with Crippen molar-refractivity contribution in [1.29, 1.82) is 0 Å². The Labute approximate surface area is 131 Å². The van der Waals surface area contributed by atoms with Crippen molar-refractivity contribution >= 4 is 46.2 Å². The minimum Gasteiger partial charge on any atom is -0.351 e. The van der Waals surface area contributed by atoms with E-state index in [9.17, 15) is 4.79 Å². The van der Waals surface area contributed by atoms with Crippen LogP contribution in [0.15, 0.2) is 52.5 Å². The van der Waals surface area contributed by atoms with Gasteiger partial charge in [-0.3, -0.25) is 4.79 Å². The smallest absolute Gasteiger partial charge is 0.264 e. The van der Waals surface area contributed by atoms with Gasteiger partial charge in [-0.15, -0.1) is 0 Å². The summed E-state index contributed by atoms with van der Waals surface area (Å²) in [6.07, 6.45) is 3.78. The van der Waals surface area contributed by atoms with Gasteiger partial charge in [0.1, 0.15) is 0 Å². The third kappa shape index (κ3) is 3.20. The number of nitrogens with zero attached hydrogens (tertiary/aromatic N) is 2. The summed E-state index contributed by atoms with van der Waals surface area (Å²) >= 11 is 7.24. The van der Waals surface area contributed by atoms with Gasteiger partial charge in [-0.05, 0) is 48.2 Å². The number of carbonyl (C=O) groups excluding carboxylic acids is 1. The molecule has 1 saturated heterocycles. The van der Waals surface area contributed by atoms with Crippen molar-refractivity contribution in [3.63, 3.8) is 0 Å². The van der Waals surface area contributed by atoms with E-state index < -0.39 is 0 Å². The number of thioether (sulfide) groups is 1. The SMILES string of the molecule is Cn1cccc1C=C1SC(=Nc2cccc(Cl)c2)NC1=O. The number of aromatic nitrogens is 1.